The van der Waals surface area contributed by atoms with Crippen LogP contribution in [0.3, 0.4) is 0 Å². The molecular weight excluding hydrogens is 342 g/mol. The average molecular weight is 361 g/mol. The molecule has 0 radical (unpaired) electrons. The van der Waals surface area contributed by atoms with E-state index < -0.39 is 0 Å². The lowest BCUT2D eigenvalue weighted by molar-refractivity contribution is 0.0946. The van der Waals surface area contributed by atoms with Gasteiger partial charge < -0.3 is 10.3 Å². The number of fused-ring (bicyclic) bond motifs is 1. The number of hydrogen-bond donors (Lipinski definition) is 2. The first-order chi connectivity index (χ1) is 12.7. The first-order valence-corrected chi connectivity index (χ1v) is 9.74. The molecule has 1 amide bonds. The normalized spacial score (nSPS) is 13.7. The summed E-state index contributed by atoms with van der Waals surface area (Å²) >= 11 is 1.73. The van der Waals surface area contributed by atoms with E-state index in [-0.39, 0.29) is 5.91 Å². The molecule has 4 rings (SSSR count). The molecule has 0 saturated carbocycles. The van der Waals surface area contributed by atoms with Gasteiger partial charge in [0.1, 0.15) is 0 Å². The molecular formula is C21H19N3OS. The van der Waals surface area contributed by atoms with Gasteiger partial charge >= 0.3 is 0 Å². The topological polar surface area (TPSA) is 57.8 Å². The van der Waals surface area contributed by atoms with Crippen LogP contribution < -0.4 is 5.32 Å². The quantitative estimate of drug-likeness (QED) is 0.683. The number of rotatable bonds is 4. The highest BCUT2D eigenvalue weighted by Gasteiger charge is 2.19. The molecule has 5 heteroatoms. The fourth-order valence-electron chi connectivity index (χ4n) is 3.14. The second-order valence-corrected chi connectivity index (χ2v) is 6.97. The van der Waals surface area contributed by atoms with Gasteiger partial charge in [0.05, 0.1) is 11.3 Å². The third-order valence-corrected chi connectivity index (χ3v) is 5.28. The lowest BCUT2D eigenvalue weighted by atomic mass is 10.1. The maximum atomic E-state index is 12.0. The van der Waals surface area contributed by atoms with Crippen molar-refractivity contribution in [3.05, 3.63) is 71.2 Å². The summed E-state index contributed by atoms with van der Waals surface area (Å²) in [6, 6.07) is 14.2. The monoisotopic (exact) mass is 361 g/mol. The molecule has 1 aliphatic heterocycles. The zero-order valence-corrected chi connectivity index (χ0v) is 15.3. The Morgan fingerprint density at radius 1 is 1.15 bits per heavy atom. The number of hydrogen-bond acceptors (Lipinski definition) is 3. The average Bonchev–Trinajstić information content (AvgIpc) is 3.13. The Balaban J connectivity index is 1.63. The van der Waals surface area contributed by atoms with Crippen molar-refractivity contribution in [3.8, 4) is 11.3 Å². The molecule has 3 heterocycles. The van der Waals surface area contributed by atoms with E-state index in [0.29, 0.717) is 6.54 Å². The molecule has 3 aromatic rings. The van der Waals surface area contributed by atoms with Crippen molar-refractivity contribution in [1.82, 2.24) is 15.3 Å². The highest BCUT2D eigenvalue weighted by atomic mass is 32.2. The highest BCUT2D eigenvalue weighted by Crippen LogP contribution is 2.25. The van der Waals surface area contributed by atoms with Crippen LogP contribution in [0.25, 0.3) is 23.4 Å². The Morgan fingerprint density at radius 3 is 2.88 bits per heavy atom. The molecule has 4 nitrogen and oxygen atoms in total. The minimum atomic E-state index is -0.00315. The van der Waals surface area contributed by atoms with E-state index in [1.54, 1.807) is 18.0 Å². The second-order valence-electron chi connectivity index (χ2n) is 6.13. The highest BCUT2D eigenvalue weighted by molar-refractivity contribution is 7.98. The number of nitrogens with one attached hydrogen (secondary N) is 2. The third kappa shape index (κ3) is 3.30. The molecule has 2 N–H and O–H groups in total. The number of carbonyl (C=O) groups excluding carboxylic acids is 1. The molecule has 26 heavy (non-hydrogen) atoms. The van der Waals surface area contributed by atoms with E-state index in [1.165, 1.54) is 10.5 Å². The number of H-pyrrole nitrogens is 1. The molecule has 0 unspecified atom stereocenters. The second kappa shape index (κ2) is 7.22. The van der Waals surface area contributed by atoms with Crippen molar-refractivity contribution >= 4 is 29.8 Å². The first kappa shape index (κ1) is 16.7. The van der Waals surface area contributed by atoms with Gasteiger partial charge in [-0.2, -0.15) is 0 Å². The molecule has 0 atom stereocenters. The van der Waals surface area contributed by atoms with Gasteiger partial charge in [-0.25, -0.2) is 0 Å². The van der Waals surface area contributed by atoms with E-state index in [1.807, 2.05) is 36.4 Å². The van der Waals surface area contributed by atoms with Crippen LogP contribution in [0, 0.1) is 0 Å². The van der Waals surface area contributed by atoms with Crippen molar-refractivity contribution in [2.24, 2.45) is 0 Å². The summed E-state index contributed by atoms with van der Waals surface area (Å²) in [7, 11) is 0. The van der Waals surface area contributed by atoms with Crippen LogP contribution in [0.2, 0.25) is 0 Å². The van der Waals surface area contributed by atoms with Crippen molar-refractivity contribution < 1.29 is 4.79 Å². The minimum Gasteiger partial charge on any atom is -0.358 e. The zero-order chi connectivity index (χ0) is 17.9. The number of aromatic amines is 1. The predicted molar refractivity (Wildman–Crippen MR) is 107 cm³/mol. The van der Waals surface area contributed by atoms with Crippen LogP contribution in [0.1, 0.15) is 27.3 Å². The molecule has 0 saturated heterocycles. The van der Waals surface area contributed by atoms with Gasteiger partial charge in [0, 0.05) is 41.0 Å². The van der Waals surface area contributed by atoms with E-state index in [9.17, 15) is 4.79 Å². The number of carbonyl (C=O) groups is 1. The number of aromatic nitrogens is 2. The van der Waals surface area contributed by atoms with Crippen LogP contribution in [0.5, 0.6) is 0 Å². The minimum absolute atomic E-state index is 0.00315. The summed E-state index contributed by atoms with van der Waals surface area (Å²) < 4.78 is 0. The van der Waals surface area contributed by atoms with Crippen molar-refractivity contribution in [3.63, 3.8) is 0 Å². The zero-order valence-electron chi connectivity index (χ0n) is 14.5. The lowest BCUT2D eigenvalue weighted by Crippen LogP contribution is -2.31. The summed E-state index contributed by atoms with van der Waals surface area (Å²) in [5, 5.41) is 2.88. The molecule has 1 aliphatic rings. The largest absolute Gasteiger partial charge is 0.358 e. The number of nitrogens with zero attached hydrogens (tertiary/aromatic N) is 1. The van der Waals surface area contributed by atoms with Gasteiger partial charge in [-0.1, -0.05) is 24.3 Å². The number of thioether (sulfide) groups is 1. The van der Waals surface area contributed by atoms with E-state index >= 15 is 0 Å². The maximum Gasteiger partial charge on any atom is 0.253 e. The van der Waals surface area contributed by atoms with Crippen LogP contribution in [-0.4, -0.2) is 28.7 Å². The lowest BCUT2D eigenvalue weighted by Gasteiger charge is -2.10. The summed E-state index contributed by atoms with van der Waals surface area (Å²) in [6.07, 6.45) is 8.83. The van der Waals surface area contributed by atoms with Gasteiger partial charge in [-0.3, -0.25) is 9.78 Å². The summed E-state index contributed by atoms with van der Waals surface area (Å²) in [6.45, 7) is 0.685. The van der Waals surface area contributed by atoms with Crippen LogP contribution in [-0.2, 0) is 6.42 Å². The van der Waals surface area contributed by atoms with E-state index in [4.69, 9.17) is 0 Å². The molecule has 0 aliphatic carbocycles. The molecule has 130 valence electrons. The number of amides is 1. The van der Waals surface area contributed by atoms with Crippen molar-refractivity contribution in [2.45, 2.75) is 11.3 Å². The van der Waals surface area contributed by atoms with Gasteiger partial charge in [-0.05, 0) is 42.2 Å². The molecule has 0 fully saturated rings. The Labute approximate surface area is 156 Å². The maximum absolute atomic E-state index is 12.0. The Bertz CT molecular complexity index is 990. The van der Waals surface area contributed by atoms with Crippen LogP contribution in [0.15, 0.2) is 53.6 Å². The van der Waals surface area contributed by atoms with Crippen LogP contribution >= 0.6 is 11.8 Å². The Morgan fingerprint density at radius 2 is 2.04 bits per heavy atom. The summed E-state index contributed by atoms with van der Waals surface area (Å²) in [4.78, 5) is 21.0. The Hall–Kier alpha value is -2.79. The molecule has 0 bridgehead atoms. The van der Waals surface area contributed by atoms with Crippen LogP contribution in [0.4, 0.5) is 0 Å². The van der Waals surface area contributed by atoms with Gasteiger partial charge in [-0.15, -0.1) is 11.8 Å². The SMILES string of the molecule is CSc1ccccc1/C=C/c1cc(-c2cc3c([nH]2)CCNC3=O)ccn1. The smallest absolute Gasteiger partial charge is 0.253 e. The Kier molecular flexibility index (Phi) is 4.63. The third-order valence-electron chi connectivity index (χ3n) is 4.47. The van der Waals surface area contributed by atoms with E-state index in [0.717, 1.165) is 34.6 Å². The summed E-state index contributed by atoms with van der Waals surface area (Å²) in [5.74, 6) is -0.00315. The number of benzene rings is 1. The van der Waals surface area contributed by atoms with Gasteiger partial charge in [0.25, 0.3) is 5.91 Å². The molecule has 2 aromatic heterocycles. The molecule has 0 spiro atoms. The van der Waals surface area contributed by atoms with Crippen molar-refractivity contribution in [2.75, 3.05) is 12.8 Å². The van der Waals surface area contributed by atoms with Gasteiger partial charge in [0.2, 0.25) is 0 Å². The fourth-order valence-corrected chi connectivity index (χ4v) is 3.72. The number of pyridine rings is 1. The van der Waals surface area contributed by atoms with Crippen molar-refractivity contribution in [1.29, 1.82) is 0 Å². The molecule has 1 aromatic carbocycles. The predicted octanol–water partition coefficient (Wildman–Crippen LogP) is 4.25. The fraction of sp³-hybridized carbons (Fsp3) is 0.143. The van der Waals surface area contributed by atoms with E-state index in [2.05, 4.69) is 39.7 Å². The van der Waals surface area contributed by atoms with Gasteiger partial charge in [0.15, 0.2) is 0 Å². The standard InChI is InChI=1S/C21H19N3OS/c1-26-20-5-3-2-4-14(20)6-7-16-12-15(8-10-22-16)19-13-17-18(24-19)9-11-23-21(17)25/h2-8,10,12-13,24H,9,11H2,1H3,(H,23,25)/b7-6+. The first-order valence-electron chi connectivity index (χ1n) is 8.52. The summed E-state index contributed by atoms with van der Waals surface area (Å²) in [5.41, 5.74) is 5.80.